The molecule has 2 aliphatic rings. The highest BCUT2D eigenvalue weighted by molar-refractivity contribution is 5.68. The molecule has 5 heteroatoms. The summed E-state index contributed by atoms with van der Waals surface area (Å²) in [4.78, 5) is 13.9. The van der Waals surface area contributed by atoms with E-state index in [-0.39, 0.29) is 12.2 Å². The highest BCUT2D eigenvalue weighted by Crippen LogP contribution is 2.25. The normalized spacial score (nSPS) is 19.9. The number of carbonyl (C=O) groups excluding carboxylic acids is 1. The number of ether oxygens (including phenoxy) is 2. The van der Waals surface area contributed by atoms with Gasteiger partial charge in [0.1, 0.15) is 5.60 Å². The van der Waals surface area contributed by atoms with E-state index in [2.05, 4.69) is 29.6 Å². The number of hydrogen-bond donors (Lipinski definition) is 1. The molecular weight excluding hydrogens is 340 g/mol. The number of hydrogen-bond acceptors (Lipinski definition) is 4. The Labute approximate surface area is 163 Å². The summed E-state index contributed by atoms with van der Waals surface area (Å²) in [6.07, 6.45) is 4.19. The van der Waals surface area contributed by atoms with Crippen LogP contribution in [0, 0.1) is 0 Å². The summed E-state index contributed by atoms with van der Waals surface area (Å²) < 4.78 is 11.5. The van der Waals surface area contributed by atoms with Crippen molar-refractivity contribution in [3.05, 3.63) is 35.4 Å². The van der Waals surface area contributed by atoms with E-state index in [1.807, 2.05) is 20.8 Å². The molecule has 150 valence electrons. The Morgan fingerprint density at radius 1 is 1.07 bits per heavy atom. The molecule has 0 unspecified atom stereocenters. The molecule has 2 saturated heterocycles. The second-order valence-electron chi connectivity index (χ2n) is 8.74. The van der Waals surface area contributed by atoms with Crippen LogP contribution in [0.3, 0.4) is 0 Å². The number of amides is 1. The Bertz CT molecular complexity index is 595. The number of carbonyl (C=O) groups is 1. The highest BCUT2D eigenvalue weighted by Gasteiger charge is 2.27. The maximum absolute atomic E-state index is 12.1. The van der Waals surface area contributed by atoms with E-state index in [1.54, 1.807) is 4.90 Å². The molecule has 27 heavy (non-hydrogen) atoms. The molecule has 2 heterocycles. The van der Waals surface area contributed by atoms with Crippen LogP contribution >= 0.6 is 0 Å². The van der Waals surface area contributed by atoms with Crippen LogP contribution in [0.15, 0.2) is 24.3 Å². The van der Waals surface area contributed by atoms with Crippen LogP contribution in [-0.4, -0.2) is 48.9 Å². The summed E-state index contributed by atoms with van der Waals surface area (Å²) in [5, 5.41) is 3.42. The van der Waals surface area contributed by atoms with Crippen molar-refractivity contribution in [2.75, 3.05) is 26.2 Å². The van der Waals surface area contributed by atoms with Gasteiger partial charge in [0, 0.05) is 13.1 Å². The first-order chi connectivity index (χ1) is 12.9. The largest absolute Gasteiger partial charge is 0.444 e. The molecule has 1 amide bonds. The minimum absolute atomic E-state index is 0.213. The van der Waals surface area contributed by atoms with Crippen molar-refractivity contribution in [3.8, 4) is 0 Å². The fraction of sp³-hybridized carbons (Fsp3) is 0.682. The Hall–Kier alpha value is -1.59. The lowest BCUT2D eigenvalue weighted by Crippen LogP contribution is -2.43. The molecule has 0 spiro atoms. The molecule has 0 atom stereocenters. The smallest absolute Gasteiger partial charge is 0.410 e. The Kier molecular flexibility index (Phi) is 6.77. The van der Waals surface area contributed by atoms with Crippen molar-refractivity contribution in [1.82, 2.24) is 10.2 Å². The van der Waals surface area contributed by atoms with Crippen molar-refractivity contribution in [3.63, 3.8) is 0 Å². The predicted octanol–water partition coefficient (Wildman–Crippen LogP) is 4.07. The molecule has 0 saturated carbocycles. The fourth-order valence-corrected chi connectivity index (χ4v) is 3.79. The van der Waals surface area contributed by atoms with E-state index < -0.39 is 5.60 Å². The van der Waals surface area contributed by atoms with E-state index in [0.29, 0.717) is 25.6 Å². The van der Waals surface area contributed by atoms with Crippen molar-refractivity contribution in [2.24, 2.45) is 0 Å². The van der Waals surface area contributed by atoms with Crippen LogP contribution in [0.25, 0.3) is 0 Å². The van der Waals surface area contributed by atoms with E-state index in [1.165, 1.54) is 24.0 Å². The number of nitrogens with one attached hydrogen (secondary N) is 1. The molecule has 1 aromatic carbocycles. The number of nitrogens with zero attached hydrogens (tertiary/aromatic N) is 1. The van der Waals surface area contributed by atoms with Crippen LogP contribution in [0.2, 0.25) is 0 Å². The maximum atomic E-state index is 12.1. The van der Waals surface area contributed by atoms with Gasteiger partial charge in [0.05, 0.1) is 12.7 Å². The molecule has 2 aliphatic heterocycles. The zero-order chi connectivity index (χ0) is 19.3. The van der Waals surface area contributed by atoms with Gasteiger partial charge in [-0.2, -0.15) is 0 Å². The summed E-state index contributed by atoms with van der Waals surface area (Å²) in [7, 11) is 0. The Morgan fingerprint density at radius 3 is 2.30 bits per heavy atom. The van der Waals surface area contributed by atoms with Gasteiger partial charge in [-0.3, -0.25) is 0 Å². The van der Waals surface area contributed by atoms with Crippen LogP contribution in [-0.2, 0) is 16.1 Å². The van der Waals surface area contributed by atoms with Crippen molar-refractivity contribution in [2.45, 2.75) is 70.7 Å². The zero-order valence-electron chi connectivity index (χ0n) is 17.0. The Morgan fingerprint density at radius 2 is 1.70 bits per heavy atom. The zero-order valence-corrected chi connectivity index (χ0v) is 17.0. The topological polar surface area (TPSA) is 50.8 Å². The van der Waals surface area contributed by atoms with Gasteiger partial charge in [-0.15, -0.1) is 0 Å². The van der Waals surface area contributed by atoms with Crippen molar-refractivity contribution in [1.29, 1.82) is 0 Å². The lowest BCUT2D eigenvalue weighted by atomic mass is 9.90. The standard InChI is InChI=1S/C22H34N2O3/c1-22(2,3)27-21(25)24-14-10-20(11-15-24)26-16-17-4-6-18(7-5-17)19-8-12-23-13-9-19/h4-7,19-20,23H,8-16H2,1-3H3. The van der Waals surface area contributed by atoms with Crippen molar-refractivity contribution < 1.29 is 14.3 Å². The van der Waals surface area contributed by atoms with Crippen LogP contribution in [0.5, 0.6) is 0 Å². The van der Waals surface area contributed by atoms with Gasteiger partial charge in [0.15, 0.2) is 0 Å². The second kappa shape index (κ2) is 9.07. The summed E-state index contributed by atoms with van der Waals surface area (Å²) >= 11 is 0. The van der Waals surface area contributed by atoms with Gasteiger partial charge in [-0.25, -0.2) is 4.79 Å². The van der Waals surface area contributed by atoms with E-state index in [4.69, 9.17) is 9.47 Å². The lowest BCUT2D eigenvalue weighted by molar-refractivity contribution is -0.0170. The molecule has 0 aliphatic carbocycles. The van der Waals surface area contributed by atoms with Gasteiger partial charge in [0.2, 0.25) is 0 Å². The minimum atomic E-state index is -0.440. The van der Waals surface area contributed by atoms with Gasteiger partial charge < -0.3 is 19.7 Å². The molecule has 5 nitrogen and oxygen atoms in total. The third-order valence-corrected chi connectivity index (χ3v) is 5.37. The van der Waals surface area contributed by atoms with Gasteiger partial charge in [-0.1, -0.05) is 24.3 Å². The Balaban J connectivity index is 1.40. The molecule has 0 aromatic heterocycles. The summed E-state index contributed by atoms with van der Waals surface area (Å²) in [5.41, 5.74) is 2.23. The van der Waals surface area contributed by atoms with Crippen LogP contribution in [0.4, 0.5) is 4.79 Å². The third kappa shape index (κ3) is 6.22. The molecule has 1 N–H and O–H groups in total. The number of benzene rings is 1. The van der Waals surface area contributed by atoms with Crippen molar-refractivity contribution >= 4 is 6.09 Å². The molecule has 0 bridgehead atoms. The van der Waals surface area contributed by atoms with E-state index in [9.17, 15) is 4.79 Å². The molecule has 3 rings (SSSR count). The maximum Gasteiger partial charge on any atom is 0.410 e. The van der Waals surface area contributed by atoms with E-state index >= 15 is 0 Å². The summed E-state index contributed by atoms with van der Waals surface area (Å²) in [6.45, 7) is 9.99. The van der Waals surface area contributed by atoms with Gasteiger partial charge >= 0.3 is 6.09 Å². The first kappa shape index (κ1) is 20.2. The summed E-state index contributed by atoms with van der Waals surface area (Å²) in [5.74, 6) is 0.693. The number of likely N-dealkylation sites (tertiary alicyclic amines) is 1. The van der Waals surface area contributed by atoms with Crippen LogP contribution in [0.1, 0.15) is 63.5 Å². The lowest BCUT2D eigenvalue weighted by Gasteiger charge is -2.33. The number of rotatable bonds is 4. The average Bonchev–Trinajstić information content (AvgIpc) is 2.66. The molecule has 1 aromatic rings. The third-order valence-electron chi connectivity index (χ3n) is 5.37. The van der Waals surface area contributed by atoms with Gasteiger partial charge in [-0.05, 0) is 76.6 Å². The summed E-state index contributed by atoms with van der Waals surface area (Å²) in [6, 6.07) is 8.93. The molecular formula is C22H34N2O3. The monoisotopic (exact) mass is 374 g/mol. The highest BCUT2D eigenvalue weighted by atomic mass is 16.6. The van der Waals surface area contributed by atoms with Gasteiger partial charge in [0.25, 0.3) is 0 Å². The molecule has 0 radical (unpaired) electrons. The predicted molar refractivity (Wildman–Crippen MR) is 107 cm³/mol. The number of piperidine rings is 2. The van der Waals surface area contributed by atoms with E-state index in [0.717, 1.165) is 25.9 Å². The SMILES string of the molecule is CC(C)(C)OC(=O)N1CCC(OCc2ccc(C3CCNCC3)cc2)CC1. The minimum Gasteiger partial charge on any atom is -0.444 e. The first-order valence-corrected chi connectivity index (χ1v) is 10.3. The fourth-order valence-electron chi connectivity index (χ4n) is 3.79. The quantitative estimate of drug-likeness (QED) is 0.863. The van der Waals surface area contributed by atoms with Crippen LogP contribution < -0.4 is 5.32 Å². The average molecular weight is 375 g/mol. The first-order valence-electron chi connectivity index (χ1n) is 10.3. The molecule has 2 fully saturated rings. The second-order valence-corrected chi connectivity index (χ2v) is 8.74.